The Labute approximate surface area is 180 Å². The number of methoxy groups -OCH3 is 1. The van der Waals surface area contributed by atoms with Crippen LogP contribution in [0.4, 0.5) is 5.69 Å². The zero-order valence-corrected chi connectivity index (χ0v) is 17.8. The minimum Gasteiger partial charge on any atom is -0.495 e. The third-order valence-electron chi connectivity index (χ3n) is 4.38. The van der Waals surface area contributed by atoms with E-state index in [-0.39, 0.29) is 27.1 Å². The van der Waals surface area contributed by atoms with Gasteiger partial charge >= 0.3 is 0 Å². The normalized spacial score (nSPS) is 11.0. The predicted molar refractivity (Wildman–Crippen MR) is 118 cm³/mol. The van der Waals surface area contributed by atoms with Crippen molar-refractivity contribution in [3.63, 3.8) is 0 Å². The number of hydrogen-bond acceptors (Lipinski definition) is 4. The van der Waals surface area contributed by atoms with Gasteiger partial charge in [0.25, 0.3) is 15.9 Å². The van der Waals surface area contributed by atoms with Crippen LogP contribution >= 0.6 is 11.6 Å². The van der Waals surface area contributed by atoms with Gasteiger partial charge in [0.1, 0.15) is 10.6 Å². The van der Waals surface area contributed by atoms with E-state index >= 15 is 0 Å². The van der Waals surface area contributed by atoms with Crippen LogP contribution in [0.25, 0.3) is 0 Å². The Hall–Kier alpha value is -3.03. The number of para-hydroxylation sites is 2. The van der Waals surface area contributed by atoms with Crippen molar-refractivity contribution in [2.45, 2.75) is 11.3 Å². The number of carbonyl (C=O) groups excluding carboxylic acids is 1. The fourth-order valence-corrected chi connectivity index (χ4v) is 4.44. The van der Waals surface area contributed by atoms with Gasteiger partial charge in [0, 0.05) is 12.1 Å². The molecule has 0 aliphatic carbocycles. The van der Waals surface area contributed by atoms with Gasteiger partial charge in [-0.2, -0.15) is 0 Å². The third-order valence-corrected chi connectivity index (χ3v) is 6.22. The number of halogens is 1. The maximum absolute atomic E-state index is 12.9. The largest absolute Gasteiger partial charge is 0.495 e. The van der Waals surface area contributed by atoms with Gasteiger partial charge in [-0.25, -0.2) is 8.42 Å². The number of hydrogen-bond donors (Lipinski definition) is 2. The van der Waals surface area contributed by atoms with E-state index in [2.05, 4.69) is 10.0 Å². The number of benzene rings is 3. The predicted octanol–water partition coefficient (Wildman–Crippen LogP) is 4.12. The number of anilines is 1. The Morgan fingerprint density at radius 1 is 1.00 bits per heavy atom. The molecule has 0 bridgehead atoms. The van der Waals surface area contributed by atoms with Crippen LogP contribution in [0.15, 0.2) is 77.7 Å². The molecule has 0 aliphatic heterocycles. The van der Waals surface area contributed by atoms with E-state index < -0.39 is 10.0 Å². The fraction of sp³-hybridized carbons (Fsp3) is 0.136. The van der Waals surface area contributed by atoms with Crippen LogP contribution in [-0.4, -0.2) is 28.0 Å². The van der Waals surface area contributed by atoms with Crippen molar-refractivity contribution in [3.05, 3.63) is 88.9 Å². The van der Waals surface area contributed by atoms with Gasteiger partial charge in [-0.05, 0) is 42.3 Å². The first-order valence-corrected chi connectivity index (χ1v) is 11.0. The van der Waals surface area contributed by atoms with Gasteiger partial charge in [0.15, 0.2) is 0 Å². The SMILES string of the molecule is COc1ccccc1NS(=O)(=O)c1cc(C(=O)NCCc2ccccc2)ccc1Cl. The maximum Gasteiger partial charge on any atom is 0.263 e. The Balaban J connectivity index is 1.76. The molecule has 0 fully saturated rings. The van der Waals surface area contributed by atoms with Crippen LogP contribution < -0.4 is 14.8 Å². The van der Waals surface area contributed by atoms with Crippen molar-refractivity contribution in [1.29, 1.82) is 0 Å². The maximum atomic E-state index is 12.9. The summed E-state index contributed by atoms with van der Waals surface area (Å²) in [5.74, 6) is -0.0108. The van der Waals surface area contributed by atoms with Crippen LogP contribution in [0.3, 0.4) is 0 Å². The molecule has 30 heavy (non-hydrogen) atoms. The second-order valence-electron chi connectivity index (χ2n) is 6.44. The van der Waals surface area contributed by atoms with Crippen LogP contribution in [0, 0.1) is 0 Å². The lowest BCUT2D eigenvalue weighted by atomic mass is 10.1. The molecular formula is C22H21ClN2O4S. The van der Waals surface area contributed by atoms with E-state index in [4.69, 9.17) is 16.3 Å². The molecule has 6 nitrogen and oxygen atoms in total. The van der Waals surface area contributed by atoms with Crippen LogP contribution in [0.2, 0.25) is 5.02 Å². The zero-order chi connectivity index (χ0) is 21.6. The molecule has 0 aliphatic rings. The highest BCUT2D eigenvalue weighted by Gasteiger charge is 2.21. The minimum atomic E-state index is -4.04. The van der Waals surface area contributed by atoms with Crippen molar-refractivity contribution < 1.29 is 17.9 Å². The summed E-state index contributed by atoms with van der Waals surface area (Å²) in [6.45, 7) is 0.424. The molecule has 8 heteroatoms. The summed E-state index contributed by atoms with van der Waals surface area (Å²) in [6, 6.07) is 20.5. The Morgan fingerprint density at radius 2 is 1.70 bits per heavy atom. The van der Waals surface area contributed by atoms with E-state index in [1.807, 2.05) is 30.3 Å². The summed E-state index contributed by atoms with van der Waals surface area (Å²) in [5, 5.41) is 2.81. The highest BCUT2D eigenvalue weighted by molar-refractivity contribution is 7.92. The number of carbonyl (C=O) groups is 1. The van der Waals surface area contributed by atoms with Crippen molar-refractivity contribution in [2.24, 2.45) is 0 Å². The lowest BCUT2D eigenvalue weighted by molar-refractivity contribution is 0.0954. The van der Waals surface area contributed by atoms with E-state index in [9.17, 15) is 13.2 Å². The summed E-state index contributed by atoms with van der Waals surface area (Å²) < 4.78 is 33.4. The van der Waals surface area contributed by atoms with E-state index in [0.717, 1.165) is 5.56 Å². The fourth-order valence-electron chi connectivity index (χ4n) is 2.85. The lowest BCUT2D eigenvalue weighted by Crippen LogP contribution is -2.26. The van der Waals surface area contributed by atoms with Crippen molar-refractivity contribution >= 4 is 33.2 Å². The molecule has 3 aromatic rings. The monoisotopic (exact) mass is 444 g/mol. The molecule has 2 N–H and O–H groups in total. The molecule has 0 aromatic heterocycles. The molecule has 0 saturated heterocycles. The average Bonchev–Trinajstić information content (AvgIpc) is 2.74. The molecule has 0 heterocycles. The Morgan fingerprint density at radius 3 is 2.43 bits per heavy atom. The molecule has 0 radical (unpaired) electrons. The topological polar surface area (TPSA) is 84.5 Å². The second-order valence-corrected chi connectivity index (χ2v) is 8.50. The van der Waals surface area contributed by atoms with Gasteiger partial charge in [0.2, 0.25) is 0 Å². The number of rotatable bonds is 8. The highest BCUT2D eigenvalue weighted by Crippen LogP contribution is 2.29. The first-order chi connectivity index (χ1) is 14.4. The first kappa shape index (κ1) is 21.7. The third kappa shape index (κ3) is 5.31. The summed E-state index contributed by atoms with van der Waals surface area (Å²) in [4.78, 5) is 12.3. The van der Waals surface area contributed by atoms with Crippen molar-refractivity contribution in [3.8, 4) is 5.75 Å². The summed E-state index contributed by atoms with van der Waals surface area (Å²) in [7, 11) is -2.59. The summed E-state index contributed by atoms with van der Waals surface area (Å²) >= 11 is 6.13. The van der Waals surface area contributed by atoms with Crippen molar-refractivity contribution in [2.75, 3.05) is 18.4 Å². The lowest BCUT2D eigenvalue weighted by Gasteiger charge is -2.13. The van der Waals surface area contributed by atoms with Crippen molar-refractivity contribution in [1.82, 2.24) is 5.32 Å². The molecule has 156 valence electrons. The van der Waals surface area contributed by atoms with Crippen LogP contribution in [-0.2, 0) is 16.4 Å². The van der Waals surface area contributed by atoms with E-state index in [1.54, 1.807) is 24.3 Å². The van der Waals surface area contributed by atoms with Gasteiger partial charge in [-0.1, -0.05) is 54.1 Å². The smallest absolute Gasteiger partial charge is 0.263 e. The van der Waals surface area contributed by atoms with Gasteiger partial charge in [-0.3, -0.25) is 9.52 Å². The molecule has 0 unspecified atom stereocenters. The number of amides is 1. The Bertz CT molecular complexity index is 1130. The number of nitrogens with one attached hydrogen (secondary N) is 2. The van der Waals surface area contributed by atoms with Gasteiger partial charge < -0.3 is 10.1 Å². The molecule has 0 spiro atoms. The summed E-state index contributed by atoms with van der Waals surface area (Å²) in [5.41, 5.74) is 1.57. The first-order valence-electron chi connectivity index (χ1n) is 9.18. The molecule has 0 atom stereocenters. The minimum absolute atomic E-state index is 0.0123. The molecule has 0 saturated carbocycles. The number of sulfonamides is 1. The molecule has 3 aromatic carbocycles. The zero-order valence-electron chi connectivity index (χ0n) is 16.3. The molecule has 1 amide bonds. The second kappa shape index (κ2) is 9.65. The summed E-state index contributed by atoms with van der Waals surface area (Å²) in [6.07, 6.45) is 0.667. The quantitative estimate of drug-likeness (QED) is 0.547. The van der Waals surface area contributed by atoms with E-state index in [0.29, 0.717) is 18.7 Å². The van der Waals surface area contributed by atoms with Gasteiger partial charge in [0.05, 0.1) is 17.8 Å². The average molecular weight is 445 g/mol. The standard InChI is InChI=1S/C22H21ClN2O4S/c1-29-20-10-6-5-9-19(20)25-30(27,28)21-15-17(11-12-18(21)23)22(26)24-14-13-16-7-3-2-4-8-16/h2-12,15,25H,13-14H2,1H3,(H,24,26). The van der Waals surface area contributed by atoms with Crippen LogP contribution in [0.1, 0.15) is 15.9 Å². The Kier molecular flexibility index (Phi) is 6.97. The van der Waals surface area contributed by atoms with Gasteiger partial charge in [-0.15, -0.1) is 0 Å². The number of ether oxygens (including phenoxy) is 1. The highest BCUT2D eigenvalue weighted by atomic mass is 35.5. The molecular weight excluding hydrogens is 424 g/mol. The molecule has 3 rings (SSSR count). The van der Waals surface area contributed by atoms with Crippen LogP contribution in [0.5, 0.6) is 5.75 Å². The van der Waals surface area contributed by atoms with E-state index in [1.165, 1.54) is 25.3 Å².